The number of nitrogens with one attached hydrogen (secondary N) is 1. The second-order valence-corrected chi connectivity index (χ2v) is 10.1. The van der Waals surface area contributed by atoms with Gasteiger partial charge < -0.3 is 9.88 Å². The number of aryl methyl sites for hydroxylation is 1. The lowest BCUT2D eigenvalue weighted by molar-refractivity contribution is 0.102. The molecule has 0 atom stereocenters. The van der Waals surface area contributed by atoms with Crippen LogP contribution in [0.25, 0.3) is 22.1 Å². The molecule has 0 unspecified atom stereocenters. The maximum Gasteiger partial charge on any atom is 0.255 e. The van der Waals surface area contributed by atoms with Crippen LogP contribution in [0.3, 0.4) is 0 Å². The first-order valence-corrected chi connectivity index (χ1v) is 13.4. The highest BCUT2D eigenvalue weighted by atomic mass is 32.2. The van der Waals surface area contributed by atoms with Gasteiger partial charge in [0.05, 0.1) is 5.52 Å². The normalized spacial score (nSPS) is 11.2. The second-order valence-electron chi connectivity index (χ2n) is 9.11. The van der Waals surface area contributed by atoms with Gasteiger partial charge in [0.1, 0.15) is 5.52 Å². The molecule has 0 radical (unpaired) electrons. The van der Waals surface area contributed by atoms with Crippen LogP contribution in [0.2, 0.25) is 0 Å². The van der Waals surface area contributed by atoms with E-state index in [-0.39, 0.29) is 5.91 Å². The zero-order valence-corrected chi connectivity index (χ0v) is 21.7. The minimum atomic E-state index is -0.122. The average molecular weight is 516 g/mol. The van der Waals surface area contributed by atoms with Crippen LogP contribution in [0, 0.1) is 6.92 Å². The number of amides is 1. The molecule has 0 fully saturated rings. The van der Waals surface area contributed by atoms with Crippen molar-refractivity contribution in [3.05, 3.63) is 125 Å². The summed E-state index contributed by atoms with van der Waals surface area (Å²) in [5.74, 6) is 0.550. The molecule has 1 amide bonds. The largest absolute Gasteiger partial charge is 0.322 e. The summed E-state index contributed by atoms with van der Waals surface area (Å²) in [6.07, 6.45) is 0. The maximum atomic E-state index is 12.7. The van der Waals surface area contributed by atoms with E-state index in [9.17, 15) is 4.79 Å². The fourth-order valence-corrected chi connectivity index (χ4v) is 5.22. The van der Waals surface area contributed by atoms with E-state index >= 15 is 0 Å². The van der Waals surface area contributed by atoms with Crippen molar-refractivity contribution in [2.45, 2.75) is 24.4 Å². The van der Waals surface area contributed by atoms with E-state index in [1.165, 1.54) is 17.3 Å². The fourth-order valence-electron chi connectivity index (χ4n) is 4.48. The topological polar surface area (TPSA) is 72.7 Å². The van der Waals surface area contributed by atoms with E-state index in [0.29, 0.717) is 23.0 Å². The first-order chi connectivity index (χ1) is 18.7. The van der Waals surface area contributed by atoms with Crippen LogP contribution in [0.1, 0.15) is 27.0 Å². The molecule has 4 aromatic carbocycles. The Labute approximate surface area is 224 Å². The molecule has 186 valence electrons. The number of fused-ring (bicyclic) bond motifs is 3. The van der Waals surface area contributed by atoms with Crippen molar-refractivity contribution in [2.24, 2.45) is 0 Å². The van der Waals surface area contributed by atoms with Crippen molar-refractivity contribution < 1.29 is 4.79 Å². The van der Waals surface area contributed by atoms with Crippen LogP contribution in [-0.4, -0.2) is 25.7 Å². The Morgan fingerprint density at radius 2 is 1.55 bits per heavy atom. The van der Waals surface area contributed by atoms with E-state index in [2.05, 4.69) is 56.5 Å². The van der Waals surface area contributed by atoms with Crippen molar-refractivity contribution in [3.63, 3.8) is 0 Å². The van der Waals surface area contributed by atoms with Gasteiger partial charge in [-0.2, -0.15) is 0 Å². The number of thioether (sulfide) groups is 1. The number of carbonyl (C=O) groups is 1. The number of para-hydroxylation sites is 2. The molecule has 2 heterocycles. The minimum Gasteiger partial charge on any atom is -0.322 e. The quantitative estimate of drug-likeness (QED) is 0.235. The maximum absolute atomic E-state index is 12.7. The number of anilines is 1. The van der Waals surface area contributed by atoms with Crippen molar-refractivity contribution in [1.82, 2.24) is 19.7 Å². The lowest BCUT2D eigenvalue weighted by Crippen LogP contribution is -2.12. The molecule has 38 heavy (non-hydrogen) atoms. The standard InChI is InChI=1S/C31H25N5OS/c1-21-9-5-7-13-26(21)32-30(37)24-17-15-23(16-18-24)20-38-31-33-29-28(34-35-31)25-12-6-8-14-27(25)36(29)19-22-10-3-2-4-11-22/h2-18H,19-20H2,1H3,(H,32,37). The molecule has 7 heteroatoms. The first kappa shape index (κ1) is 23.9. The van der Waals surface area contributed by atoms with Gasteiger partial charge in [-0.05, 0) is 47.9 Å². The van der Waals surface area contributed by atoms with E-state index in [0.717, 1.165) is 38.9 Å². The molecular formula is C31H25N5OS. The van der Waals surface area contributed by atoms with E-state index in [1.807, 2.05) is 73.7 Å². The van der Waals surface area contributed by atoms with Gasteiger partial charge in [0.25, 0.3) is 5.91 Å². The van der Waals surface area contributed by atoms with Gasteiger partial charge in [-0.3, -0.25) is 4.79 Å². The highest BCUT2D eigenvalue weighted by Gasteiger charge is 2.15. The second kappa shape index (κ2) is 10.5. The summed E-state index contributed by atoms with van der Waals surface area (Å²) < 4.78 is 2.21. The van der Waals surface area contributed by atoms with Gasteiger partial charge in [-0.1, -0.05) is 90.6 Å². The van der Waals surface area contributed by atoms with Gasteiger partial charge in [-0.25, -0.2) is 4.98 Å². The number of aromatic nitrogens is 4. The third-order valence-corrected chi connectivity index (χ3v) is 7.42. The number of hydrogen-bond donors (Lipinski definition) is 1. The van der Waals surface area contributed by atoms with Crippen molar-refractivity contribution in [3.8, 4) is 0 Å². The lowest BCUT2D eigenvalue weighted by atomic mass is 10.1. The Hall–Kier alpha value is -4.49. The molecule has 0 spiro atoms. The predicted octanol–water partition coefficient (Wildman–Crippen LogP) is 6.88. The zero-order valence-electron chi connectivity index (χ0n) is 20.8. The molecule has 0 saturated heterocycles. The van der Waals surface area contributed by atoms with Crippen LogP contribution in [0.4, 0.5) is 5.69 Å². The number of nitrogens with zero attached hydrogens (tertiary/aromatic N) is 4. The zero-order chi connectivity index (χ0) is 25.9. The summed E-state index contributed by atoms with van der Waals surface area (Å²) in [6.45, 7) is 2.69. The number of hydrogen-bond acceptors (Lipinski definition) is 5. The molecular weight excluding hydrogens is 490 g/mol. The SMILES string of the molecule is Cc1ccccc1NC(=O)c1ccc(CSc2nnc3c4ccccc4n(Cc4ccccc4)c3n2)cc1. The third kappa shape index (κ3) is 4.88. The Bertz CT molecular complexity index is 1750. The van der Waals surface area contributed by atoms with Crippen LogP contribution in [0.5, 0.6) is 0 Å². The molecule has 1 N–H and O–H groups in total. The Kier molecular flexibility index (Phi) is 6.58. The van der Waals surface area contributed by atoms with Crippen molar-refractivity contribution >= 4 is 45.4 Å². The molecule has 0 aliphatic heterocycles. The fraction of sp³-hybridized carbons (Fsp3) is 0.0968. The summed E-state index contributed by atoms with van der Waals surface area (Å²) in [6, 6.07) is 34.0. The third-order valence-electron chi connectivity index (χ3n) is 6.52. The minimum absolute atomic E-state index is 0.122. The Morgan fingerprint density at radius 3 is 2.37 bits per heavy atom. The molecule has 6 aromatic rings. The Balaban J connectivity index is 1.20. The highest BCUT2D eigenvalue weighted by molar-refractivity contribution is 7.98. The molecule has 2 aromatic heterocycles. The molecule has 0 bridgehead atoms. The first-order valence-electron chi connectivity index (χ1n) is 12.4. The van der Waals surface area contributed by atoms with Gasteiger partial charge in [0.2, 0.25) is 5.16 Å². The molecule has 0 saturated carbocycles. The van der Waals surface area contributed by atoms with E-state index in [4.69, 9.17) is 4.98 Å². The van der Waals surface area contributed by atoms with Crippen molar-refractivity contribution in [1.29, 1.82) is 0 Å². The Morgan fingerprint density at radius 1 is 0.816 bits per heavy atom. The van der Waals surface area contributed by atoms with Gasteiger partial charge in [0, 0.05) is 28.9 Å². The predicted molar refractivity (Wildman–Crippen MR) is 154 cm³/mol. The van der Waals surface area contributed by atoms with Gasteiger partial charge >= 0.3 is 0 Å². The number of rotatable bonds is 7. The van der Waals surface area contributed by atoms with E-state index < -0.39 is 0 Å². The van der Waals surface area contributed by atoms with Crippen LogP contribution >= 0.6 is 11.8 Å². The number of benzene rings is 4. The summed E-state index contributed by atoms with van der Waals surface area (Å²) in [7, 11) is 0. The van der Waals surface area contributed by atoms with Crippen LogP contribution < -0.4 is 5.32 Å². The molecule has 0 aliphatic rings. The van der Waals surface area contributed by atoms with Gasteiger partial charge in [-0.15, -0.1) is 10.2 Å². The molecule has 6 nitrogen and oxygen atoms in total. The number of carbonyl (C=O) groups excluding carboxylic acids is 1. The van der Waals surface area contributed by atoms with Crippen LogP contribution in [-0.2, 0) is 12.3 Å². The van der Waals surface area contributed by atoms with Gasteiger partial charge in [0.15, 0.2) is 5.65 Å². The summed E-state index contributed by atoms with van der Waals surface area (Å²) in [5.41, 5.74) is 7.48. The van der Waals surface area contributed by atoms with E-state index in [1.54, 1.807) is 0 Å². The summed E-state index contributed by atoms with van der Waals surface area (Å²) in [4.78, 5) is 17.6. The highest BCUT2D eigenvalue weighted by Crippen LogP contribution is 2.29. The lowest BCUT2D eigenvalue weighted by Gasteiger charge is -2.09. The average Bonchev–Trinajstić information content (AvgIpc) is 3.26. The van der Waals surface area contributed by atoms with Crippen molar-refractivity contribution in [2.75, 3.05) is 5.32 Å². The monoisotopic (exact) mass is 515 g/mol. The summed E-state index contributed by atoms with van der Waals surface area (Å²) >= 11 is 1.53. The van der Waals surface area contributed by atoms with Crippen LogP contribution in [0.15, 0.2) is 108 Å². The molecule has 6 rings (SSSR count). The molecule has 0 aliphatic carbocycles. The summed E-state index contributed by atoms with van der Waals surface area (Å²) in [5, 5.41) is 13.6. The smallest absolute Gasteiger partial charge is 0.255 e.